The van der Waals surface area contributed by atoms with Crippen molar-refractivity contribution in [2.45, 2.75) is 32.9 Å². The van der Waals surface area contributed by atoms with Crippen molar-refractivity contribution in [3.63, 3.8) is 0 Å². The smallest absolute Gasteiger partial charge is 0.225 e. The van der Waals surface area contributed by atoms with Gasteiger partial charge in [-0.15, -0.1) is 11.3 Å². The molecule has 0 unspecified atom stereocenters. The Morgan fingerprint density at radius 2 is 2.20 bits per heavy atom. The van der Waals surface area contributed by atoms with Gasteiger partial charge < -0.3 is 10.2 Å². The average molecular weight is 425 g/mol. The molecule has 0 aliphatic carbocycles. The van der Waals surface area contributed by atoms with Crippen molar-refractivity contribution in [3.05, 3.63) is 42.3 Å². The molecule has 1 fully saturated rings. The number of amides is 2. The molecule has 0 aromatic carbocycles. The normalized spacial score (nSPS) is 16.4. The first kappa shape index (κ1) is 20.2. The highest BCUT2D eigenvalue weighted by Crippen LogP contribution is 2.33. The third-order valence-corrected chi connectivity index (χ3v) is 6.09. The minimum Gasteiger partial charge on any atom is -0.354 e. The summed E-state index contributed by atoms with van der Waals surface area (Å²) in [6.07, 6.45) is 7.09. The van der Waals surface area contributed by atoms with Crippen molar-refractivity contribution in [1.82, 2.24) is 30.0 Å². The molecule has 9 heteroatoms. The summed E-state index contributed by atoms with van der Waals surface area (Å²) in [5, 5.41) is 9.52. The van der Waals surface area contributed by atoms with Crippen LogP contribution in [0, 0.1) is 5.92 Å². The number of hydrogen-bond acceptors (Lipinski definition) is 6. The lowest BCUT2D eigenvalue weighted by molar-refractivity contribution is -0.129. The van der Waals surface area contributed by atoms with Gasteiger partial charge in [0.15, 0.2) is 0 Å². The monoisotopic (exact) mass is 424 g/mol. The van der Waals surface area contributed by atoms with Gasteiger partial charge in [0.1, 0.15) is 0 Å². The Hall–Kier alpha value is -3.07. The molecule has 0 bridgehead atoms. The zero-order valence-corrected chi connectivity index (χ0v) is 17.8. The second-order valence-electron chi connectivity index (χ2n) is 7.53. The van der Waals surface area contributed by atoms with Gasteiger partial charge in [0, 0.05) is 43.5 Å². The maximum atomic E-state index is 12.6. The van der Waals surface area contributed by atoms with E-state index in [4.69, 9.17) is 0 Å². The lowest BCUT2D eigenvalue weighted by Gasteiger charge is -2.20. The first-order valence-corrected chi connectivity index (χ1v) is 10.9. The first-order valence-electron chi connectivity index (χ1n) is 9.98. The number of rotatable bonds is 7. The Morgan fingerprint density at radius 3 is 2.87 bits per heavy atom. The van der Waals surface area contributed by atoms with E-state index in [1.54, 1.807) is 41.0 Å². The maximum Gasteiger partial charge on any atom is 0.225 e. The molecule has 1 N–H and O–H groups in total. The molecule has 3 aromatic heterocycles. The zero-order valence-electron chi connectivity index (χ0n) is 17.0. The largest absolute Gasteiger partial charge is 0.354 e. The molecular weight excluding hydrogens is 400 g/mol. The highest BCUT2D eigenvalue weighted by Gasteiger charge is 2.35. The topological polar surface area (TPSA) is 93.0 Å². The van der Waals surface area contributed by atoms with Crippen LogP contribution in [0.4, 0.5) is 0 Å². The van der Waals surface area contributed by atoms with Crippen LogP contribution in [0.5, 0.6) is 0 Å². The van der Waals surface area contributed by atoms with E-state index in [0.717, 1.165) is 21.8 Å². The Labute approximate surface area is 179 Å². The van der Waals surface area contributed by atoms with Crippen LogP contribution >= 0.6 is 11.3 Å². The minimum atomic E-state index is -0.288. The number of nitrogens with one attached hydrogen (secondary N) is 1. The minimum absolute atomic E-state index is 0.0471. The number of carbonyl (C=O) groups is 2. The van der Waals surface area contributed by atoms with Crippen molar-refractivity contribution in [2.75, 3.05) is 13.1 Å². The lowest BCUT2D eigenvalue weighted by Crippen LogP contribution is -2.36. The molecule has 0 radical (unpaired) electrons. The zero-order chi connectivity index (χ0) is 21.1. The Bertz CT molecular complexity index is 1020. The Kier molecular flexibility index (Phi) is 5.89. The predicted octanol–water partition coefficient (Wildman–Crippen LogP) is 2.44. The summed E-state index contributed by atoms with van der Waals surface area (Å²) in [7, 11) is 0. The fraction of sp³-hybridized carbons (Fsp3) is 0.381. The fourth-order valence-corrected chi connectivity index (χ4v) is 4.48. The number of nitrogens with zero attached hydrogens (tertiary/aromatic N) is 5. The van der Waals surface area contributed by atoms with Crippen molar-refractivity contribution >= 4 is 23.2 Å². The summed E-state index contributed by atoms with van der Waals surface area (Å²) < 4.78 is 1.89. The molecule has 3 aromatic rings. The van der Waals surface area contributed by atoms with E-state index in [9.17, 15) is 9.59 Å². The van der Waals surface area contributed by atoms with Crippen LogP contribution < -0.4 is 5.32 Å². The van der Waals surface area contributed by atoms with Crippen molar-refractivity contribution in [1.29, 1.82) is 0 Å². The standard InChI is InChI=1S/C21H24N6O2S/c1-14(2)26-13-15(10-19(26)28)21(29)24-7-8-27-20(18-4-3-9-30-18)16(11-25-27)17-12-22-5-6-23-17/h3-6,9,11-12,14-15H,7-8,10,13H2,1-2H3,(H,24,29)/t15-/m1/s1. The molecule has 0 spiro atoms. The lowest BCUT2D eigenvalue weighted by atomic mass is 10.1. The second kappa shape index (κ2) is 8.74. The summed E-state index contributed by atoms with van der Waals surface area (Å²) in [5.74, 6) is -0.319. The van der Waals surface area contributed by atoms with Crippen LogP contribution in [0.25, 0.3) is 21.8 Å². The molecule has 1 saturated heterocycles. The number of likely N-dealkylation sites (tertiary alicyclic amines) is 1. The van der Waals surface area contributed by atoms with Crippen molar-refractivity contribution in [2.24, 2.45) is 5.92 Å². The van der Waals surface area contributed by atoms with E-state index in [1.165, 1.54) is 0 Å². The fourth-order valence-electron chi connectivity index (χ4n) is 3.69. The first-order chi connectivity index (χ1) is 14.5. The van der Waals surface area contributed by atoms with E-state index in [-0.39, 0.29) is 30.2 Å². The quantitative estimate of drug-likeness (QED) is 0.629. The van der Waals surface area contributed by atoms with Crippen LogP contribution in [0.2, 0.25) is 0 Å². The van der Waals surface area contributed by atoms with Gasteiger partial charge in [-0.3, -0.25) is 24.2 Å². The summed E-state index contributed by atoms with van der Waals surface area (Å²) in [5.41, 5.74) is 2.63. The van der Waals surface area contributed by atoms with Gasteiger partial charge in [0.2, 0.25) is 11.8 Å². The summed E-state index contributed by atoms with van der Waals surface area (Å²) >= 11 is 1.63. The molecule has 4 rings (SSSR count). The molecule has 1 aliphatic rings. The van der Waals surface area contributed by atoms with E-state index >= 15 is 0 Å². The van der Waals surface area contributed by atoms with E-state index in [2.05, 4.69) is 20.4 Å². The molecule has 1 atom stereocenters. The number of hydrogen-bond donors (Lipinski definition) is 1. The van der Waals surface area contributed by atoms with Gasteiger partial charge in [0.25, 0.3) is 0 Å². The van der Waals surface area contributed by atoms with Gasteiger partial charge in [-0.25, -0.2) is 0 Å². The van der Waals surface area contributed by atoms with E-state index in [1.807, 2.05) is 36.0 Å². The maximum absolute atomic E-state index is 12.6. The number of carbonyl (C=O) groups excluding carboxylic acids is 2. The third-order valence-electron chi connectivity index (χ3n) is 5.21. The van der Waals surface area contributed by atoms with Crippen LogP contribution in [0.3, 0.4) is 0 Å². The van der Waals surface area contributed by atoms with Gasteiger partial charge >= 0.3 is 0 Å². The van der Waals surface area contributed by atoms with Gasteiger partial charge in [-0.2, -0.15) is 5.10 Å². The van der Waals surface area contributed by atoms with E-state index < -0.39 is 0 Å². The van der Waals surface area contributed by atoms with Crippen molar-refractivity contribution in [3.8, 4) is 21.8 Å². The molecule has 8 nitrogen and oxygen atoms in total. The van der Waals surface area contributed by atoms with Gasteiger partial charge in [-0.1, -0.05) is 6.07 Å². The molecule has 0 saturated carbocycles. The number of aromatic nitrogens is 4. The van der Waals surface area contributed by atoms with Crippen LogP contribution in [0.15, 0.2) is 42.3 Å². The van der Waals surface area contributed by atoms with Crippen LogP contribution in [-0.4, -0.2) is 55.6 Å². The molecule has 156 valence electrons. The Balaban J connectivity index is 1.45. The van der Waals surface area contributed by atoms with Crippen LogP contribution in [0.1, 0.15) is 20.3 Å². The molecule has 1 aliphatic heterocycles. The molecule has 4 heterocycles. The Morgan fingerprint density at radius 1 is 1.33 bits per heavy atom. The molecule has 30 heavy (non-hydrogen) atoms. The average Bonchev–Trinajstić information content (AvgIpc) is 3.47. The molecule has 2 amide bonds. The summed E-state index contributed by atoms with van der Waals surface area (Å²) in [4.78, 5) is 36.0. The highest BCUT2D eigenvalue weighted by molar-refractivity contribution is 7.13. The summed E-state index contributed by atoms with van der Waals surface area (Å²) in [6, 6.07) is 4.16. The highest BCUT2D eigenvalue weighted by atomic mass is 32.1. The van der Waals surface area contributed by atoms with Gasteiger partial charge in [-0.05, 0) is 25.3 Å². The SMILES string of the molecule is CC(C)N1C[C@H](C(=O)NCCn2ncc(-c3cnccn3)c2-c2cccs2)CC1=O. The second-order valence-corrected chi connectivity index (χ2v) is 8.48. The van der Waals surface area contributed by atoms with Crippen LogP contribution in [-0.2, 0) is 16.1 Å². The number of thiophene rings is 1. The predicted molar refractivity (Wildman–Crippen MR) is 115 cm³/mol. The third kappa shape index (κ3) is 4.11. The van der Waals surface area contributed by atoms with Gasteiger partial charge in [0.05, 0.1) is 41.1 Å². The van der Waals surface area contributed by atoms with E-state index in [0.29, 0.717) is 19.6 Å². The summed E-state index contributed by atoms with van der Waals surface area (Å²) in [6.45, 7) is 5.38. The molecular formula is C21H24N6O2S. The van der Waals surface area contributed by atoms with Crippen molar-refractivity contribution < 1.29 is 9.59 Å².